The Hall–Kier alpha value is -3.04. The van der Waals surface area contributed by atoms with Gasteiger partial charge in [0.1, 0.15) is 18.8 Å². The molecule has 0 spiro atoms. The first-order valence-electron chi connectivity index (χ1n) is 14.3. The first-order chi connectivity index (χ1) is 19.5. The van der Waals surface area contributed by atoms with Gasteiger partial charge in [0.2, 0.25) is 0 Å². The van der Waals surface area contributed by atoms with E-state index in [1.165, 1.54) is 26.4 Å². The average molecular weight is 591 g/mol. The maximum Gasteiger partial charge on any atom is 0.339 e. The number of hydrogen-bond donors (Lipinski definition) is 0. The number of benzene rings is 1. The van der Waals surface area contributed by atoms with Gasteiger partial charge in [-0.05, 0) is 50.0 Å². The average Bonchev–Trinajstić information content (AvgIpc) is 2.86. The second kappa shape index (κ2) is 17.2. The molecule has 42 heavy (non-hydrogen) atoms. The maximum atomic E-state index is 13.1. The summed E-state index contributed by atoms with van der Waals surface area (Å²) in [5, 5.41) is 0. The number of allylic oxidation sites excluding steroid dienone is 1. The molecule has 1 aromatic carbocycles. The number of hydrogen-bond acceptors (Lipinski definition) is 9. The van der Waals surface area contributed by atoms with Crippen LogP contribution in [0.15, 0.2) is 36.4 Å². The molecule has 0 radical (unpaired) electrons. The maximum absolute atomic E-state index is 13.1. The van der Waals surface area contributed by atoms with Crippen LogP contribution in [0.25, 0.3) is 0 Å². The molecular formula is C33H50O9. The summed E-state index contributed by atoms with van der Waals surface area (Å²) in [7, 11) is 2.78. The van der Waals surface area contributed by atoms with E-state index in [-0.39, 0.29) is 48.2 Å². The molecule has 3 unspecified atom stereocenters. The van der Waals surface area contributed by atoms with Crippen LogP contribution in [-0.2, 0) is 33.3 Å². The molecule has 3 atom stereocenters. The van der Waals surface area contributed by atoms with Crippen LogP contribution in [0.5, 0.6) is 0 Å². The summed E-state index contributed by atoms with van der Waals surface area (Å²) in [6, 6.07) is 6.33. The Bertz CT molecular complexity index is 1070. The van der Waals surface area contributed by atoms with Crippen LogP contribution >= 0.6 is 0 Å². The van der Waals surface area contributed by atoms with Gasteiger partial charge >= 0.3 is 17.9 Å². The highest BCUT2D eigenvalue weighted by molar-refractivity contribution is 6.06. The number of methoxy groups -OCH3 is 2. The number of rotatable bonds is 18. The van der Waals surface area contributed by atoms with E-state index in [1.807, 2.05) is 0 Å². The third-order valence-electron chi connectivity index (χ3n) is 6.31. The van der Waals surface area contributed by atoms with Crippen molar-refractivity contribution in [3.8, 4) is 0 Å². The van der Waals surface area contributed by atoms with Crippen molar-refractivity contribution in [2.45, 2.75) is 86.4 Å². The van der Waals surface area contributed by atoms with Gasteiger partial charge in [0.25, 0.3) is 0 Å². The minimum absolute atomic E-state index is 0.0275. The monoisotopic (exact) mass is 590 g/mol. The fourth-order valence-corrected chi connectivity index (χ4v) is 5.26. The van der Waals surface area contributed by atoms with E-state index in [0.29, 0.717) is 12.8 Å². The van der Waals surface area contributed by atoms with Gasteiger partial charge in [-0.2, -0.15) is 0 Å². The van der Waals surface area contributed by atoms with Crippen molar-refractivity contribution in [3.63, 3.8) is 0 Å². The summed E-state index contributed by atoms with van der Waals surface area (Å²) in [5.41, 5.74) is 1.27. The van der Waals surface area contributed by atoms with Gasteiger partial charge in [0.15, 0.2) is 5.78 Å². The summed E-state index contributed by atoms with van der Waals surface area (Å²) in [6.45, 7) is 18.2. The number of esters is 3. The SMILES string of the molecule is C=C(CC(CC(=O)OC)C(=O)OC(C)COCC(=O)c1ccccc1C(=O)OC(C)COC)CC(C)(C)CC(C)(C)C. The van der Waals surface area contributed by atoms with Gasteiger partial charge in [-0.15, -0.1) is 0 Å². The summed E-state index contributed by atoms with van der Waals surface area (Å²) < 4.78 is 26.2. The Labute approximate surface area is 251 Å². The van der Waals surface area contributed by atoms with Gasteiger partial charge < -0.3 is 23.7 Å². The lowest BCUT2D eigenvalue weighted by atomic mass is 9.72. The largest absolute Gasteiger partial charge is 0.469 e. The molecule has 1 rings (SSSR count). The minimum atomic E-state index is -0.752. The molecule has 0 aliphatic rings. The third kappa shape index (κ3) is 14.2. The van der Waals surface area contributed by atoms with Crippen LogP contribution in [0.3, 0.4) is 0 Å². The zero-order valence-corrected chi connectivity index (χ0v) is 26.9. The summed E-state index contributed by atoms with van der Waals surface area (Å²) in [5.74, 6) is -2.88. The zero-order chi connectivity index (χ0) is 32.1. The molecule has 236 valence electrons. The normalized spacial score (nSPS) is 13.9. The molecule has 0 aliphatic heterocycles. The molecule has 1 aromatic rings. The number of ether oxygens (including phenoxy) is 5. The molecule has 0 heterocycles. The summed E-state index contributed by atoms with van der Waals surface area (Å²) in [4.78, 5) is 50.5. The number of Topliss-reactive ketones (excluding diaryl/α,β-unsaturated/α-hetero) is 1. The number of carbonyl (C=O) groups is 4. The molecular weight excluding hydrogens is 540 g/mol. The van der Waals surface area contributed by atoms with E-state index in [1.54, 1.807) is 26.0 Å². The molecule has 0 saturated carbocycles. The predicted molar refractivity (Wildman–Crippen MR) is 160 cm³/mol. The zero-order valence-electron chi connectivity index (χ0n) is 26.9. The van der Waals surface area contributed by atoms with Crippen molar-refractivity contribution in [2.75, 3.05) is 34.0 Å². The second-order valence-corrected chi connectivity index (χ2v) is 12.9. The van der Waals surface area contributed by atoms with E-state index in [4.69, 9.17) is 23.7 Å². The topological polar surface area (TPSA) is 114 Å². The third-order valence-corrected chi connectivity index (χ3v) is 6.31. The Balaban J connectivity index is 2.75. The fourth-order valence-electron chi connectivity index (χ4n) is 5.26. The molecule has 0 N–H and O–H groups in total. The van der Waals surface area contributed by atoms with Crippen molar-refractivity contribution < 1.29 is 42.9 Å². The Morgan fingerprint density at radius 3 is 2.02 bits per heavy atom. The van der Waals surface area contributed by atoms with Crippen molar-refractivity contribution in [1.82, 2.24) is 0 Å². The lowest BCUT2D eigenvalue weighted by Gasteiger charge is -2.33. The van der Waals surface area contributed by atoms with Crippen molar-refractivity contribution in [3.05, 3.63) is 47.5 Å². The van der Waals surface area contributed by atoms with E-state index in [0.717, 1.165) is 12.0 Å². The van der Waals surface area contributed by atoms with Gasteiger partial charge in [-0.3, -0.25) is 14.4 Å². The van der Waals surface area contributed by atoms with Crippen LogP contribution in [0, 0.1) is 16.7 Å². The second-order valence-electron chi connectivity index (χ2n) is 12.9. The molecule has 0 saturated heterocycles. The van der Waals surface area contributed by atoms with Crippen LogP contribution in [-0.4, -0.2) is 69.9 Å². The standard InChI is InChI=1S/C33H50O9/c1-22(17-33(7,8)21-32(4,5)6)15-25(16-29(35)39-10)30(36)41-24(3)19-40-20-28(34)26-13-11-12-14-27(26)31(37)42-23(2)18-38-9/h11-14,23-25H,1,15-21H2,2-10H3. The quantitative estimate of drug-likeness (QED) is 0.0880. The molecule has 0 aliphatic carbocycles. The highest BCUT2D eigenvalue weighted by Crippen LogP contribution is 2.39. The van der Waals surface area contributed by atoms with E-state index in [9.17, 15) is 19.2 Å². The summed E-state index contributed by atoms with van der Waals surface area (Å²) in [6.07, 6.45) is 0.672. The Kier molecular flexibility index (Phi) is 15.1. The van der Waals surface area contributed by atoms with E-state index >= 15 is 0 Å². The highest BCUT2D eigenvalue weighted by atomic mass is 16.6. The van der Waals surface area contributed by atoms with E-state index in [2.05, 4.69) is 41.2 Å². The Morgan fingerprint density at radius 1 is 0.857 bits per heavy atom. The molecule has 0 aromatic heterocycles. The molecule has 0 fully saturated rings. The van der Waals surface area contributed by atoms with Gasteiger partial charge in [0.05, 0.1) is 38.2 Å². The van der Waals surface area contributed by atoms with Gasteiger partial charge in [0, 0.05) is 12.7 Å². The molecule has 0 bridgehead atoms. The van der Waals surface area contributed by atoms with Gasteiger partial charge in [-0.1, -0.05) is 65.0 Å². The van der Waals surface area contributed by atoms with Crippen molar-refractivity contribution in [2.24, 2.45) is 16.7 Å². The molecule has 0 amide bonds. The van der Waals surface area contributed by atoms with E-state index < -0.39 is 41.8 Å². The van der Waals surface area contributed by atoms with Crippen molar-refractivity contribution >= 4 is 23.7 Å². The van der Waals surface area contributed by atoms with Crippen LogP contribution in [0.1, 0.15) is 94.9 Å². The smallest absolute Gasteiger partial charge is 0.339 e. The van der Waals surface area contributed by atoms with Crippen LogP contribution in [0.4, 0.5) is 0 Å². The fraction of sp³-hybridized carbons (Fsp3) is 0.636. The minimum Gasteiger partial charge on any atom is -0.469 e. The molecule has 9 heteroatoms. The lowest BCUT2D eigenvalue weighted by molar-refractivity contribution is -0.159. The first-order valence-corrected chi connectivity index (χ1v) is 14.3. The predicted octanol–water partition coefficient (Wildman–Crippen LogP) is 5.99. The summed E-state index contributed by atoms with van der Waals surface area (Å²) >= 11 is 0. The van der Waals surface area contributed by atoms with Crippen molar-refractivity contribution in [1.29, 1.82) is 0 Å². The highest BCUT2D eigenvalue weighted by Gasteiger charge is 2.30. The Morgan fingerprint density at radius 2 is 1.45 bits per heavy atom. The van der Waals surface area contributed by atoms with Crippen LogP contribution < -0.4 is 0 Å². The lowest BCUT2D eigenvalue weighted by Crippen LogP contribution is -2.29. The number of ketones is 1. The molecule has 9 nitrogen and oxygen atoms in total. The van der Waals surface area contributed by atoms with Crippen LogP contribution in [0.2, 0.25) is 0 Å². The van der Waals surface area contributed by atoms with Gasteiger partial charge in [-0.25, -0.2) is 4.79 Å². The first kappa shape index (κ1) is 37.0. The number of carbonyl (C=O) groups excluding carboxylic acids is 4.